The lowest BCUT2D eigenvalue weighted by atomic mass is 10.1. The third-order valence-electron chi connectivity index (χ3n) is 4.92. The van der Waals surface area contributed by atoms with E-state index in [0.29, 0.717) is 10.9 Å². The molecule has 0 spiro atoms. The molecule has 1 aliphatic heterocycles. The second kappa shape index (κ2) is 11.5. The van der Waals surface area contributed by atoms with Gasteiger partial charge >= 0.3 is 0 Å². The number of aryl methyl sites for hydroxylation is 1. The Bertz CT molecular complexity index is 1010. The Morgan fingerprint density at radius 1 is 1.03 bits per heavy atom. The van der Waals surface area contributed by atoms with Crippen molar-refractivity contribution in [2.24, 2.45) is 0 Å². The van der Waals surface area contributed by atoms with Crippen LogP contribution in [0.5, 0.6) is 0 Å². The molecule has 0 unspecified atom stereocenters. The minimum atomic E-state index is -3.11. The van der Waals surface area contributed by atoms with Crippen molar-refractivity contribution >= 4 is 21.3 Å². The summed E-state index contributed by atoms with van der Waals surface area (Å²) in [6.07, 6.45) is 4.96. The van der Waals surface area contributed by atoms with Crippen molar-refractivity contribution in [1.82, 2.24) is 10.3 Å². The maximum Gasteiger partial charge on any atom is 0.175 e. The van der Waals surface area contributed by atoms with Gasteiger partial charge in [0.2, 0.25) is 0 Å². The van der Waals surface area contributed by atoms with Gasteiger partial charge in [-0.1, -0.05) is 48.5 Å². The zero-order valence-corrected chi connectivity index (χ0v) is 18.6. The molecule has 7 heteroatoms. The zero-order valence-electron chi connectivity index (χ0n) is 17.8. The van der Waals surface area contributed by atoms with Crippen LogP contribution in [0.1, 0.15) is 16.3 Å². The highest BCUT2D eigenvalue weighted by Crippen LogP contribution is 2.22. The highest BCUT2D eigenvalue weighted by molar-refractivity contribution is 7.90. The molecule has 1 atom stereocenters. The number of hydrogen-bond acceptors (Lipinski definition) is 6. The first-order valence-corrected chi connectivity index (χ1v) is 12.4. The summed E-state index contributed by atoms with van der Waals surface area (Å²) in [7, 11) is -3.11. The summed E-state index contributed by atoms with van der Waals surface area (Å²) in [6.45, 7) is 2.66. The highest BCUT2D eigenvalue weighted by atomic mass is 32.2. The molecule has 31 heavy (non-hydrogen) atoms. The number of nitrogens with zero attached hydrogens (tertiary/aromatic N) is 1. The van der Waals surface area contributed by atoms with Crippen LogP contribution in [0, 0.1) is 0 Å². The van der Waals surface area contributed by atoms with Crippen LogP contribution in [0.3, 0.4) is 0 Å². The van der Waals surface area contributed by atoms with Crippen LogP contribution in [0.15, 0.2) is 83.9 Å². The third kappa shape index (κ3) is 7.70. The molecule has 3 N–H and O–H groups in total. The van der Waals surface area contributed by atoms with Crippen LogP contribution in [0.25, 0.3) is 0 Å². The van der Waals surface area contributed by atoms with Crippen LogP contribution in [-0.2, 0) is 16.3 Å². The molecule has 1 aromatic heterocycles. The van der Waals surface area contributed by atoms with Gasteiger partial charge in [0.25, 0.3) is 0 Å². The fraction of sp³-hybridized carbons (Fsp3) is 0.292. The lowest BCUT2D eigenvalue weighted by Crippen LogP contribution is -2.41. The number of hydrogen-bond donors (Lipinski definition) is 3. The Kier molecular flexibility index (Phi) is 8.44. The van der Waals surface area contributed by atoms with E-state index in [-0.39, 0.29) is 4.28 Å². The third-order valence-corrected chi connectivity index (χ3v) is 6.04. The van der Waals surface area contributed by atoms with Crippen molar-refractivity contribution in [3.8, 4) is 0 Å². The number of benzene rings is 2. The minimum absolute atomic E-state index is 0. The Morgan fingerprint density at radius 3 is 2.35 bits per heavy atom. The molecule has 6 nitrogen and oxygen atoms in total. The van der Waals surface area contributed by atoms with E-state index in [1.54, 1.807) is 18.3 Å². The standard InChI is InChI=1S/C18H24N4O2S.C6H6.3H2/c1-25(23,24)16-8-6-14(7-9-16)4-2-10-19-12-15-13-21-17-5-3-11-20-18(17)22-15;1-2-4-6-5-3-1;;;/h3,5-9,11,15,19,21H,2,4,10,12-13H2,1H3,(H,20,22);1-6H;3*1H/t15-;;;;/m0..../s1. The monoisotopic (exact) mass is 444 g/mol. The number of fused-ring (bicyclic) bond motifs is 1. The molecule has 0 fully saturated rings. The van der Waals surface area contributed by atoms with E-state index in [2.05, 4.69) is 20.9 Å². The van der Waals surface area contributed by atoms with Gasteiger partial charge in [-0.25, -0.2) is 13.4 Å². The zero-order chi connectivity index (χ0) is 21.9. The number of nitrogens with one attached hydrogen (secondary N) is 3. The van der Waals surface area contributed by atoms with Crippen LogP contribution in [0.2, 0.25) is 0 Å². The van der Waals surface area contributed by atoms with Crippen LogP contribution in [-0.4, -0.2) is 45.3 Å². The number of anilines is 2. The maximum atomic E-state index is 11.4. The maximum absolute atomic E-state index is 11.4. The fourth-order valence-electron chi connectivity index (χ4n) is 3.25. The van der Waals surface area contributed by atoms with Gasteiger partial charge in [0.1, 0.15) is 5.82 Å². The smallest absolute Gasteiger partial charge is 0.175 e. The Balaban J connectivity index is 0.00000106. The molecule has 0 bridgehead atoms. The average molecular weight is 445 g/mol. The van der Waals surface area contributed by atoms with E-state index in [1.165, 1.54) is 6.26 Å². The summed E-state index contributed by atoms with van der Waals surface area (Å²) in [5.41, 5.74) is 2.21. The number of aromatic nitrogens is 1. The summed E-state index contributed by atoms with van der Waals surface area (Å²) in [5, 5.41) is 10.3. The van der Waals surface area contributed by atoms with Crippen LogP contribution < -0.4 is 16.0 Å². The first-order chi connectivity index (χ1) is 15.0. The van der Waals surface area contributed by atoms with Gasteiger partial charge in [-0.15, -0.1) is 0 Å². The van der Waals surface area contributed by atoms with Gasteiger partial charge in [-0.05, 0) is 49.2 Å². The molecule has 4 rings (SSSR count). The highest BCUT2D eigenvalue weighted by Gasteiger charge is 2.16. The van der Waals surface area contributed by atoms with E-state index in [9.17, 15) is 8.42 Å². The lowest BCUT2D eigenvalue weighted by molar-refractivity contribution is 0.592. The van der Waals surface area contributed by atoms with Crippen molar-refractivity contribution < 1.29 is 12.7 Å². The van der Waals surface area contributed by atoms with E-state index >= 15 is 0 Å². The molecule has 170 valence electrons. The molecular formula is C24H36N4O2S. The molecule has 2 aromatic carbocycles. The topological polar surface area (TPSA) is 83.1 Å². The number of rotatable bonds is 7. The molecule has 0 saturated carbocycles. The normalized spacial score (nSPS) is 14.9. The van der Waals surface area contributed by atoms with Crippen LogP contribution >= 0.6 is 0 Å². The molecule has 2 heterocycles. The molecule has 1 aliphatic rings. The summed E-state index contributed by atoms with van der Waals surface area (Å²) in [4.78, 5) is 4.71. The summed E-state index contributed by atoms with van der Waals surface area (Å²) in [6, 6.07) is 23.4. The summed E-state index contributed by atoms with van der Waals surface area (Å²) >= 11 is 0. The van der Waals surface area contributed by atoms with Crippen molar-refractivity contribution in [1.29, 1.82) is 0 Å². The molecule has 3 aromatic rings. The first-order valence-electron chi connectivity index (χ1n) is 10.5. The van der Waals surface area contributed by atoms with Crippen molar-refractivity contribution in [2.45, 2.75) is 23.8 Å². The SMILES string of the molecule is CS(=O)(=O)c1ccc(CCCNC[C@H]2CNc3cccnc3N2)cc1.[HH].[HH].[HH].c1ccccc1. The second-order valence-electron chi connectivity index (χ2n) is 7.50. The summed E-state index contributed by atoms with van der Waals surface area (Å²) < 4.78 is 22.9. The lowest BCUT2D eigenvalue weighted by Gasteiger charge is -2.27. The van der Waals surface area contributed by atoms with Gasteiger partial charge in [0, 0.05) is 29.8 Å². The van der Waals surface area contributed by atoms with Gasteiger partial charge in [-0.2, -0.15) is 0 Å². The second-order valence-corrected chi connectivity index (χ2v) is 9.52. The van der Waals surface area contributed by atoms with Gasteiger partial charge in [0.05, 0.1) is 16.6 Å². The molecule has 0 aliphatic carbocycles. The van der Waals surface area contributed by atoms with Gasteiger partial charge in [0.15, 0.2) is 9.84 Å². The Labute approximate surface area is 189 Å². The van der Waals surface area contributed by atoms with E-state index in [4.69, 9.17) is 0 Å². The largest absolute Gasteiger partial charge is 0.380 e. The van der Waals surface area contributed by atoms with Crippen molar-refractivity contribution in [3.05, 3.63) is 84.6 Å². The van der Waals surface area contributed by atoms with E-state index in [1.807, 2.05) is 60.7 Å². The Hall–Kier alpha value is -2.90. The number of sulfone groups is 1. The predicted octanol–water partition coefficient (Wildman–Crippen LogP) is 4.34. The fourth-order valence-corrected chi connectivity index (χ4v) is 3.88. The van der Waals surface area contributed by atoms with E-state index in [0.717, 1.165) is 49.5 Å². The Morgan fingerprint density at radius 2 is 1.71 bits per heavy atom. The predicted molar refractivity (Wildman–Crippen MR) is 134 cm³/mol. The quantitative estimate of drug-likeness (QED) is 0.470. The molecule has 0 amide bonds. The van der Waals surface area contributed by atoms with Gasteiger partial charge in [-0.3, -0.25) is 0 Å². The molecule has 0 radical (unpaired) electrons. The van der Waals surface area contributed by atoms with Gasteiger partial charge < -0.3 is 16.0 Å². The van der Waals surface area contributed by atoms with E-state index < -0.39 is 9.84 Å². The molecule has 0 saturated heterocycles. The molecular weight excluding hydrogens is 408 g/mol. The first kappa shape index (κ1) is 22.8. The number of pyridine rings is 1. The van der Waals surface area contributed by atoms with Crippen LogP contribution in [0.4, 0.5) is 11.5 Å². The van der Waals surface area contributed by atoms with Crippen molar-refractivity contribution in [2.75, 3.05) is 36.5 Å². The van der Waals surface area contributed by atoms with Crippen molar-refractivity contribution in [3.63, 3.8) is 0 Å². The minimum Gasteiger partial charge on any atom is -0.380 e. The average Bonchev–Trinajstić information content (AvgIpc) is 2.80. The summed E-state index contributed by atoms with van der Waals surface area (Å²) in [5.74, 6) is 0.909.